The van der Waals surface area contributed by atoms with Crippen molar-refractivity contribution in [1.82, 2.24) is 0 Å². The fraction of sp³-hybridized carbons (Fsp3) is 0.133. The number of hydrogen-bond acceptors (Lipinski definition) is 5. The summed E-state index contributed by atoms with van der Waals surface area (Å²) in [5, 5.41) is 7.76. The maximum Gasteiger partial charge on any atom is 0.0517 e. The predicted molar refractivity (Wildman–Crippen MR) is 284 cm³/mol. The van der Waals surface area contributed by atoms with Gasteiger partial charge in [0, 0.05) is 73.0 Å². The first-order chi connectivity index (χ1) is 31.6. The van der Waals surface area contributed by atoms with Crippen molar-refractivity contribution in [2.24, 2.45) is 0 Å². The van der Waals surface area contributed by atoms with Gasteiger partial charge in [-0.25, -0.2) is 0 Å². The molecule has 0 fully saturated rings. The lowest BCUT2D eigenvalue weighted by atomic mass is 9.73. The normalized spacial score (nSPS) is 14.8. The number of fused-ring (bicyclic) bond motifs is 9. The zero-order chi connectivity index (χ0) is 43.9. The van der Waals surface area contributed by atoms with Crippen LogP contribution in [0.2, 0.25) is 0 Å². The number of hydrogen-bond donors (Lipinski definition) is 0. The van der Waals surface area contributed by atoms with Crippen LogP contribution in [-0.2, 0) is 10.8 Å². The molecule has 5 heteroatoms. The van der Waals surface area contributed by atoms with Gasteiger partial charge in [-0.2, -0.15) is 0 Å². The lowest BCUT2D eigenvalue weighted by Gasteiger charge is -2.42. The molecule has 0 unspecified atom stereocenters. The zero-order valence-corrected chi connectivity index (χ0v) is 39.7. The second-order valence-corrected chi connectivity index (χ2v) is 22.6. The number of nitrogens with zero attached hydrogens (tertiary/aromatic N) is 2. The van der Waals surface area contributed by atoms with Gasteiger partial charge < -0.3 is 9.80 Å². The number of para-hydroxylation sites is 3. The Bertz CT molecular complexity index is 3730. The highest BCUT2D eigenvalue weighted by Gasteiger charge is 2.39. The molecule has 0 saturated carbocycles. The Balaban J connectivity index is 1.10. The maximum absolute atomic E-state index is 2.55. The van der Waals surface area contributed by atoms with Crippen LogP contribution in [0, 0.1) is 13.8 Å². The van der Waals surface area contributed by atoms with Crippen LogP contribution in [0.1, 0.15) is 59.7 Å². The molecule has 0 spiro atoms. The summed E-state index contributed by atoms with van der Waals surface area (Å²) in [4.78, 5) is 10.3. The molecule has 0 radical (unpaired) electrons. The number of aryl methyl sites for hydroxylation is 2. The van der Waals surface area contributed by atoms with Crippen LogP contribution in [0.25, 0.3) is 62.6 Å². The van der Waals surface area contributed by atoms with E-state index in [1.165, 1.54) is 129 Å². The Hall–Kier alpha value is -6.50. The van der Waals surface area contributed by atoms with E-state index in [0.717, 1.165) is 0 Å². The van der Waals surface area contributed by atoms with E-state index in [9.17, 15) is 0 Å². The minimum absolute atomic E-state index is 0.132. The Kier molecular flexibility index (Phi) is 8.38. The summed E-state index contributed by atoms with van der Waals surface area (Å²) in [7, 11) is 0. The standard InChI is InChI=1S/C60H46N2S3/c1-35-23-29-54(63-35)57-41-28-26-38(62-51-21-13-10-18-47(51)60(5,6)48-33-42-39-15-7-14-22-53(39)65-56(42)34-52(48)62)32-44(41)58(55-30-24-36(2)64-55)40-27-25-37(31-43(40)57)61-49-19-11-8-16-45(49)59(3,4)46-17-9-12-20-50(46)61/h7-34H,1-6H3. The van der Waals surface area contributed by atoms with Gasteiger partial charge in [-0.15, -0.1) is 34.0 Å². The Morgan fingerprint density at radius 1 is 0.338 bits per heavy atom. The van der Waals surface area contributed by atoms with E-state index in [2.05, 4.69) is 221 Å². The smallest absolute Gasteiger partial charge is 0.0517 e. The molecule has 5 heterocycles. The molecule has 2 aliphatic heterocycles. The fourth-order valence-electron chi connectivity index (χ4n) is 11.3. The molecule has 0 atom stereocenters. The summed E-state index contributed by atoms with van der Waals surface area (Å²) in [5.74, 6) is 0. The molecule has 11 aromatic rings. The number of thiophene rings is 3. The van der Waals surface area contributed by atoms with E-state index in [1.54, 1.807) is 0 Å². The number of rotatable bonds is 4. The first kappa shape index (κ1) is 38.9. The topological polar surface area (TPSA) is 6.48 Å². The molecule has 2 nitrogen and oxygen atoms in total. The molecule has 0 N–H and O–H groups in total. The molecule has 0 amide bonds. The SMILES string of the molecule is Cc1ccc(-c2c3ccc(N4c5ccccc5C(C)(C)c5cc6c(cc54)sc4ccccc46)cc3c(-c3ccc(C)s3)c3ccc(N4c5ccccc5C(C)(C)c5ccccc54)cc23)s1. The van der Waals surface area contributed by atoms with E-state index in [-0.39, 0.29) is 10.8 Å². The van der Waals surface area contributed by atoms with Crippen LogP contribution < -0.4 is 9.80 Å². The third kappa shape index (κ3) is 5.62. The van der Waals surface area contributed by atoms with Crippen molar-refractivity contribution in [3.63, 3.8) is 0 Å². The predicted octanol–water partition coefficient (Wildman–Crippen LogP) is 18.7. The summed E-state index contributed by atoms with van der Waals surface area (Å²) in [6.45, 7) is 14.0. The Morgan fingerprint density at radius 2 is 0.800 bits per heavy atom. The average molecular weight is 891 g/mol. The van der Waals surface area contributed by atoms with Crippen LogP contribution in [-0.4, -0.2) is 0 Å². The summed E-state index contributed by atoms with van der Waals surface area (Å²) >= 11 is 5.68. The van der Waals surface area contributed by atoms with Crippen molar-refractivity contribution in [3.8, 4) is 20.9 Å². The first-order valence-electron chi connectivity index (χ1n) is 22.6. The van der Waals surface area contributed by atoms with Gasteiger partial charge in [0.2, 0.25) is 0 Å². The van der Waals surface area contributed by atoms with Crippen LogP contribution in [0.15, 0.2) is 170 Å². The monoisotopic (exact) mass is 890 g/mol. The fourth-order valence-corrected chi connectivity index (χ4v) is 14.3. The van der Waals surface area contributed by atoms with Crippen molar-refractivity contribution >= 4 is 110 Å². The molecule has 8 aromatic carbocycles. The van der Waals surface area contributed by atoms with Gasteiger partial charge in [-0.1, -0.05) is 113 Å². The van der Waals surface area contributed by atoms with E-state index in [0.29, 0.717) is 0 Å². The van der Waals surface area contributed by atoms with E-state index >= 15 is 0 Å². The highest BCUT2D eigenvalue weighted by atomic mass is 32.1. The van der Waals surface area contributed by atoms with Crippen LogP contribution in [0.4, 0.5) is 34.1 Å². The van der Waals surface area contributed by atoms with E-state index < -0.39 is 0 Å². The van der Waals surface area contributed by atoms with E-state index in [4.69, 9.17) is 0 Å². The van der Waals surface area contributed by atoms with Crippen LogP contribution in [0.5, 0.6) is 0 Å². The van der Waals surface area contributed by atoms with Crippen molar-refractivity contribution < 1.29 is 0 Å². The lowest BCUT2D eigenvalue weighted by molar-refractivity contribution is 0.632. The van der Waals surface area contributed by atoms with Gasteiger partial charge in [-0.3, -0.25) is 0 Å². The van der Waals surface area contributed by atoms with Crippen molar-refractivity contribution in [3.05, 3.63) is 202 Å². The first-order valence-corrected chi connectivity index (χ1v) is 25.0. The summed E-state index contributed by atoms with van der Waals surface area (Å²) in [6, 6.07) is 64.7. The third-order valence-electron chi connectivity index (χ3n) is 14.4. The van der Waals surface area contributed by atoms with Gasteiger partial charge in [0.25, 0.3) is 0 Å². The van der Waals surface area contributed by atoms with Crippen LogP contribution >= 0.6 is 34.0 Å². The summed E-state index contributed by atoms with van der Waals surface area (Å²) in [6.07, 6.45) is 0. The third-order valence-corrected chi connectivity index (χ3v) is 17.6. The molecule has 314 valence electrons. The zero-order valence-electron chi connectivity index (χ0n) is 37.3. The van der Waals surface area contributed by atoms with Gasteiger partial charge in [0.15, 0.2) is 0 Å². The molecule has 2 aliphatic rings. The lowest BCUT2D eigenvalue weighted by Crippen LogP contribution is -2.30. The van der Waals surface area contributed by atoms with E-state index in [1.807, 2.05) is 34.0 Å². The van der Waals surface area contributed by atoms with Gasteiger partial charge in [-0.05, 0) is 143 Å². The average Bonchev–Trinajstić information content (AvgIpc) is 4.05. The summed E-state index contributed by atoms with van der Waals surface area (Å²) in [5.41, 5.74) is 14.9. The maximum atomic E-state index is 2.55. The Morgan fingerprint density at radius 3 is 1.31 bits per heavy atom. The quantitative estimate of drug-likeness (QED) is 0.162. The highest BCUT2D eigenvalue weighted by molar-refractivity contribution is 7.25. The molecule has 13 rings (SSSR count). The van der Waals surface area contributed by atoms with Crippen molar-refractivity contribution in [1.29, 1.82) is 0 Å². The largest absolute Gasteiger partial charge is 0.310 e. The molecule has 0 aliphatic carbocycles. The van der Waals surface area contributed by atoms with Crippen molar-refractivity contribution in [2.45, 2.75) is 52.4 Å². The minimum Gasteiger partial charge on any atom is -0.310 e. The number of benzene rings is 8. The second-order valence-electron chi connectivity index (χ2n) is 19.0. The summed E-state index contributed by atoms with van der Waals surface area (Å²) < 4.78 is 2.65. The van der Waals surface area contributed by atoms with Crippen LogP contribution in [0.3, 0.4) is 0 Å². The second kappa shape index (κ2) is 14.0. The van der Waals surface area contributed by atoms with Gasteiger partial charge in [0.1, 0.15) is 0 Å². The molecule has 0 saturated heterocycles. The Labute approximate surface area is 392 Å². The van der Waals surface area contributed by atoms with Crippen molar-refractivity contribution in [2.75, 3.05) is 9.80 Å². The number of anilines is 6. The highest BCUT2D eigenvalue weighted by Crippen LogP contribution is 2.57. The molecule has 65 heavy (non-hydrogen) atoms. The molecule has 3 aromatic heterocycles. The van der Waals surface area contributed by atoms with Gasteiger partial charge in [0.05, 0.1) is 22.7 Å². The molecule has 0 bridgehead atoms. The molecular weight excluding hydrogens is 845 g/mol. The minimum atomic E-state index is -0.195. The van der Waals surface area contributed by atoms with Gasteiger partial charge >= 0.3 is 0 Å². The molecular formula is C60H46N2S3.